The molecule has 5 nitrogen and oxygen atoms in total. The Hall–Kier alpha value is -1.40. The van der Waals surface area contributed by atoms with Gasteiger partial charge in [-0.1, -0.05) is 31.0 Å². The summed E-state index contributed by atoms with van der Waals surface area (Å²) >= 11 is 0. The van der Waals surface area contributed by atoms with Crippen molar-refractivity contribution in [3.63, 3.8) is 0 Å². The zero-order valence-corrected chi connectivity index (χ0v) is 12.4. The first kappa shape index (κ1) is 15.0. The number of amides is 1. The lowest BCUT2D eigenvalue weighted by molar-refractivity contribution is -0.119. The standard InChI is InChI=1S/C14H19NO4S/c1-3-11-8-14(16)15-13(11)9-19-20(17,18)12-6-4-10(2)5-7-12/h4-7,11,13H,3,8-9H2,1-2H3,(H,15,16)/t11-,13+/m0/s1. The molecule has 1 heterocycles. The molecule has 6 heteroatoms. The lowest BCUT2D eigenvalue weighted by Crippen LogP contribution is -2.34. The first-order valence-electron chi connectivity index (χ1n) is 6.68. The van der Waals surface area contributed by atoms with E-state index < -0.39 is 10.1 Å². The smallest absolute Gasteiger partial charge is 0.297 e. The highest BCUT2D eigenvalue weighted by Gasteiger charge is 2.32. The summed E-state index contributed by atoms with van der Waals surface area (Å²) in [4.78, 5) is 11.5. The maximum Gasteiger partial charge on any atom is 0.297 e. The first-order valence-corrected chi connectivity index (χ1v) is 8.08. The van der Waals surface area contributed by atoms with Crippen molar-refractivity contribution in [3.8, 4) is 0 Å². The zero-order chi connectivity index (χ0) is 14.8. The molecule has 1 aromatic carbocycles. The van der Waals surface area contributed by atoms with Crippen molar-refractivity contribution in [3.05, 3.63) is 29.8 Å². The summed E-state index contributed by atoms with van der Waals surface area (Å²) in [7, 11) is -3.76. The number of nitrogens with one attached hydrogen (secondary N) is 1. The van der Waals surface area contributed by atoms with E-state index in [1.165, 1.54) is 12.1 Å². The highest BCUT2D eigenvalue weighted by atomic mass is 32.2. The third-order valence-electron chi connectivity index (χ3n) is 3.60. The van der Waals surface area contributed by atoms with Gasteiger partial charge in [0.25, 0.3) is 10.1 Å². The largest absolute Gasteiger partial charge is 0.351 e. The van der Waals surface area contributed by atoms with Crippen molar-refractivity contribution in [2.45, 2.75) is 37.6 Å². The second kappa shape index (κ2) is 5.93. The van der Waals surface area contributed by atoms with Crippen LogP contribution in [0.3, 0.4) is 0 Å². The molecule has 2 rings (SSSR count). The van der Waals surface area contributed by atoms with Gasteiger partial charge in [-0.15, -0.1) is 0 Å². The van der Waals surface area contributed by atoms with Gasteiger partial charge in [0.15, 0.2) is 0 Å². The Balaban J connectivity index is 2.02. The molecule has 1 N–H and O–H groups in total. The number of carbonyl (C=O) groups excluding carboxylic acids is 1. The average Bonchev–Trinajstić information content (AvgIpc) is 2.77. The fraction of sp³-hybridized carbons (Fsp3) is 0.500. The molecular weight excluding hydrogens is 278 g/mol. The number of aryl methyl sites for hydroxylation is 1. The van der Waals surface area contributed by atoms with Crippen LogP contribution >= 0.6 is 0 Å². The van der Waals surface area contributed by atoms with Crippen LogP contribution in [0.25, 0.3) is 0 Å². The van der Waals surface area contributed by atoms with E-state index in [4.69, 9.17) is 4.18 Å². The predicted octanol–water partition coefficient (Wildman–Crippen LogP) is 1.62. The highest BCUT2D eigenvalue weighted by molar-refractivity contribution is 7.86. The first-order chi connectivity index (χ1) is 9.42. The van der Waals surface area contributed by atoms with Crippen molar-refractivity contribution >= 4 is 16.0 Å². The van der Waals surface area contributed by atoms with Crippen LogP contribution in [-0.2, 0) is 19.1 Å². The van der Waals surface area contributed by atoms with Gasteiger partial charge in [-0.25, -0.2) is 0 Å². The summed E-state index contributed by atoms with van der Waals surface area (Å²) in [6, 6.07) is 6.27. The van der Waals surface area contributed by atoms with Gasteiger partial charge in [-0.2, -0.15) is 8.42 Å². The van der Waals surface area contributed by atoms with Gasteiger partial charge in [-0.3, -0.25) is 8.98 Å². The monoisotopic (exact) mass is 297 g/mol. The summed E-state index contributed by atoms with van der Waals surface area (Å²) < 4.78 is 29.2. The molecule has 1 fully saturated rings. The lowest BCUT2D eigenvalue weighted by atomic mass is 9.99. The van der Waals surface area contributed by atoms with Gasteiger partial charge in [0.05, 0.1) is 17.5 Å². The number of hydrogen-bond acceptors (Lipinski definition) is 4. The van der Waals surface area contributed by atoms with E-state index in [1.807, 2.05) is 13.8 Å². The maximum absolute atomic E-state index is 12.0. The predicted molar refractivity (Wildman–Crippen MR) is 74.6 cm³/mol. The minimum atomic E-state index is -3.76. The second-order valence-electron chi connectivity index (χ2n) is 5.10. The average molecular weight is 297 g/mol. The molecule has 0 aliphatic carbocycles. The van der Waals surface area contributed by atoms with Crippen molar-refractivity contribution in [1.82, 2.24) is 5.32 Å². The Bertz CT molecular complexity index is 580. The number of carbonyl (C=O) groups is 1. The van der Waals surface area contributed by atoms with Crippen LogP contribution in [-0.4, -0.2) is 27.0 Å². The number of hydrogen-bond donors (Lipinski definition) is 1. The quantitative estimate of drug-likeness (QED) is 0.838. The van der Waals surface area contributed by atoms with Crippen LogP contribution in [0.4, 0.5) is 0 Å². The second-order valence-corrected chi connectivity index (χ2v) is 6.71. The summed E-state index contributed by atoms with van der Waals surface area (Å²) in [6.07, 6.45) is 1.26. The Morgan fingerprint density at radius 2 is 1.95 bits per heavy atom. The van der Waals surface area contributed by atoms with Crippen LogP contribution in [0.1, 0.15) is 25.3 Å². The fourth-order valence-corrected chi connectivity index (χ4v) is 3.24. The van der Waals surface area contributed by atoms with Gasteiger partial charge in [0, 0.05) is 6.42 Å². The van der Waals surface area contributed by atoms with E-state index in [1.54, 1.807) is 12.1 Å². The summed E-state index contributed by atoms with van der Waals surface area (Å²) in [6.45, 7) is 3.85. The van der Waals surface area contributed by atoms with Crippen LogP contribution in [0, 0.1) is 12.8 Å². The van der Waals surface area contributed by atoms with E-state index >= 15 is 0 Å². The summed E-state index contributed by atoms with van der Waals surface area (Å²) in [5, 5.41) is 2.76. The normalized spacial score (nSPS) is 22.8. The van der Waals surface area contributed by atoms with E-state index in [9.17, 15) is 13.2 Å². The molecule has 0 spiro atoms. The van der Waals surface area contributed by atoms with Crippen molar-refractivity contribution in [1.29, 1.82) is 0 Å². The van der Waals surface area contributed by atoms with E-state index in [2.05, 4.69) is 5.32 Å². The molecule has 1 aromatic rings. The molecule has 110 valence electrons. The Labute approximate surface area is 119 Å². The van der Waals surface area contributed by atoms with E-state index in [-0.39, 0.29) is 29.4 Å². The maximum atomic E-state index is 12.0. The Morgan fingerprint density at radius 1 is 1.30 bits per heavy atom. The van der Waals surface area contributed by atoms with Gasteiger partial charge >= 0.3 is 0 Å². The lowest BCUT2D eigenvalue weighted by Gasteiger charge is -2.17. The summed E-state index contributed by atoms with van der Waals surface area (Å²) in [5.74, 6) is 0.0916. The minimum Gasteiger partial charge on any atom is -0.351 e. The fourth-order valence-electron chi connectivity index (χ4n) is 2.31. The third kappa shape index (κ3) is 3.37. The minimum absolute atomic E-state index is 0.0134. The Morgan fingerprint density at radius 3 is 2.55 bits per heavy atom. The molecule has 0 aromatic heterocycles. The molecular formula is C14H19NO4S. The molecule has 0 unspecified atom stereocenters. The Kier molecular flexibility index (Phi) is 4.45. The van der Waals surface area contributed by atoms with Crippen molar-refractivity contribution in [2.75, 3.05) is 6.61 Å². The highest BCUT2D eigenvalue weighted by Crippen LogP contribution is 2.22. The molecule has 0 radical (unpaired) electrons. The zero-order valence-electron chi connectivity index (χ0n) is 11.6. The molecule has 1 aliphatic rings. The van der Waals surface area contributed by atoms with Gasteiger partial charge < -0.3 is 5.32 Å². The number of rotatable bonds is 5. The summed E-state index contributed by atoms with van der Waals surface area (Å²) in [5.41, 5.74) is 0.984. The van der Waals surface area contributed by atoms with E-state index in [0.29, 0.717) is 6.42 Å². The topological polar surface area (TPSA) is 72.5 Å². The van der Waals surface area contributed by atoms with Crippen LogP contribution in [0.15, 0.2) is 29.2 Å². The molecule has 1 amide bonds. The van der Waals surface area contributed by atoms with Crippen LogP contribution in [0.2, 0.25) is 0 Å². The van der Waals surface area contributed by atoms with Crippen LogP contribution < -0.4 is 5.32 Å². The third-order valence-corrected chi connectivity index (χ3v) is 4.90. The van der Waals surface area contributed by atoms with Crippen LogP contribution in [0.5, 0.6) is 0 Å². The molecule has 1 aliphatic heterocycles. The SMILES string of the molecule is CC[C@H]1CC(=O)N[C@@H]1COS(=O)(=O)c1ccc(C)cc1. The molecule has 20 heavy (non-hydrogen) atoms. The molecule has 2 atom stereocenters. The van der Waals surface area contributed by atoms with Crippen molar-refractivity contribution in [2.24, 2.45) is 5.92 Å². The van der Waals surface area contributed by atoms with E-state index in [0.717, 1.165) is 12.0 Å². The van der Waals surface area contributed by atoms with Gasteiger partial charge in [0.1, 0.15) is 0 Å². The molecule has 1 saturated heterocycles. The van der Waals surface area contributed by atoms with Gasteiger partial charge in [-0.05, 0) is 25.0 Å². The number of benzene rings is 1. The molecule has 0 bridgehead atoms. The van der Waals surface area contributed by atoms with Crippen molar-refractivity contribution < 1.29 is 17.4 Å². The van der Waals surface area contributed by atoms with Gasteiger partial charge in [0.2, 0.25) is 5.91 Å². The molecule has 0 saturated carbocycles.